The van der Waals surface area contributed by atoms with Crippen LogP contribution in [0.15, 0.2) is 24.3 Å². The summed E-state index contributed by atoms with van der Waals surface area (Å²) in [6, 6.07) is 7.09. The topological polar surface area (TPSA) is 42.0 Å². The first-order valence-electron chi connectivity index (χ1n) is 7.93. The number of hydrogen-bond acceptors (Lipinski definition) is 5. The van der Waals surface area contributed by atoms with E-state index in [0.29, 0.717) is 12.2 Å². The molecule has 0 spiro atoms. The predicted octanol–water partition coefficient (Wildman–Crippen LogP) is 1.88. The van der Waals surface area contributed by atoms with Gasteiger partial charge in [0.05, 0.1) is 12.2 Å². The number of piperazine rings is 1. The minimum atomic E-state index is -0.273. The zero-order valence-corrected chi connectivity index (χ0v) is 13.7. The normalized spacial score (nSPS) is 18.0. The van der Waals surface area contributed by atoms with Crippen LogP contribution in [0.3, 0.4) is 0 Å². The van der Waals surface area contributed by atoms with Gasteiger partial charge in [0.1, 0.15) is 11.9 Å². The molecule has 1 heterocycles. The van der Waals surface area contributed by atoms with Gasteiger partial charge in [-0.2, -0.15) is 0 Å². The van der Waals surface area contributed by atoms with Crippen LogP contribution in [0.2, 0.25) is 0 Å². The summed E-state index contributed by atoms with van der Waals surface area (Å²) in [5.41, 5.74) is 0.564. The van der Waals surface area contributed by atoms with Gasteiger partial charge >= 0.3 is 5.97 Å². The van der Waals surface area contributed by atoms with Crippen molar-refractivity contribution in [2.45, 2.75) is 20.0 Å². The summed E-state index contributed by atoms with van der Waals surface area (Å²) >= 11 is 0. The van der Waals surface area contributed by atoms with E-state index in [1.807, 2.05) is 13.8 Å². The SMILES string of the molecule is CCOc1ccc(C(=O)O[C@H](C)CN2CCN(C)CC2)cc1. The van der Waals surface area contributed by atoms with Crippen LogP contribution in [0, 0.1) is 0 Å². The first-order valence-corrected chi connectivity index (χ1v) is 7.93. The van der Waals surface area contributed by atoms with Crippen LogP contribution in [-0.4, -0.2) is 68.3 Å². The lowest BCUT2D eigenvalue weighted by Crippen LogP contribution is -2.47. The van der Waals surface area contributed by atoms with Crippen molar-refractivity contribution in [2.24, 2.45) is 0 Å². The first-order chi connectivity index (χ1) is 10.6. The van der Waals surface area contributed by atoms with Crippen molar-refractivity contribution in [3.8, 4) is 5.75 Å². The van der Waals surface area contributed by atoms with Gasteiger partial charge in [-0.25, -0.2) is 4.79 Å². The highest BCUT2D eigenvalue weighted by molar-refractivity contribution is 5.89. The largest absolute Gasteiger partial charge is 0.494 e. The van der Waals surface area contributed by atoms with Gasteiger partial charge in [0, 0.05) is 32.7 Å². The fraction of sp³-hybridized carbons (Fsp3) is 0.588. The maximum Gasteiger partial charge on any atom is 0.338 e. The Kier molecular flexibility index (Phi) is 6.21. The number of ether oxygens (including phenoxy) is 2. The average molecular weight is 306 g/mol. The van der Waals surface area contributed by atoms with E-state index in [1.54, 1.807) is 24.3 Å². The van der Waals surface area contributed by atoms with E-state index in [9.17, 15) is 4.79 Å². The highest BCUT2D eigenvalue weighted by atomic mass is 16.5. The smallest absolute Gasteiger partial charge is 0.338 e. The molecule has 122 valence electrons. The minimum absolute atomic E-state index is 0.109. The fourth-order valence-electron chi connectivity index (χ4n) is 2.54. The predicted molar refractivity (Wildman–Crippen MR) is 86.4 cm³/mol. The number of hydrogen-bond donors (Lipinski definition) is 0. The molecule has 0 radical (unpaired) electrons. The number of esters is 1. The number of likely N-dealkylation sites (N-methyl/N-ethyl adjacent to an activating group) is 1. The van der Waals surface area contributed by atoms with E-state index >= 15 is 0 Å². The lowest BCUT2D eigenvalue weighted by atomic mass is 10.2. The minimum Gasteiger partial charge on any atom is -0.494 e. The standard InChI is InChI=1S/C17H26N2O3/c1-4-21-16-7-5-15(6-8-16)17(20)22-14(2)13-19-11-9-18(3)10-12-19/h5-8,14H,4,9-13H2,1-3H3/t14-/m1/s1. The van der Waals surface area contributed by atoms with Crippen LogP contribution in [0.5, 0.6) is 5.75 Å². The molecule has 1 atom stereocenters. The molecule has 0 N–H and O–H groups in total. The molecule has 1 fully saturated rings. The maximum atomic E-state index is 12.1. The molecular formula is C17H26N2O3. The maximum absolute atomic E-state index is 12.1. The molecule has 1 saturated heterocycles. The Morgan fingerprint density at radius 2 is 1.82 bits per heavy atom. The number of rotatable bonds is 6. The van der Waals surface area contributed by atoms with Gasteiger partial charge in [-0.1, -0.05) is 0 Å². The molecule has 0 bridgehead atoms. The summed E-state index contributed by atoms with van der Waals surface area (Å²) in [6.45, 7) is 9.48. The Bertz CT molecular complexity index is 467. The van der Waals surface area contributed by atoms with Gasteiger partial charge in [0.15, 0.2) is 0 Å². The zero-order chi connectivity index (χ0) is 15.9. The zero-order valence-electron chi connectivity index (χ0n) is 13.7. The lowest BCUT2D eigenvalue weighted by Gasteiger charge is -2.33. The second-order valence-electron chi connectivity index (χ2n) is 5.78. The van der Waals surface area contributed by atoms with E-state index in [2.05, 4.69) is 16.8 Å². The Morgan fingerprint density at radius 3 is 2.41 bits per heavy atom. The highest BCUT2D eigenvalue weighted by Crippen LogP contribution is 2.14. The Morgan fingerprint density at radius 1 is 1.18 bits per heavy atom. The Hall–Kier alpha value is -1.59. The van der Waals surface area contributed by atoms with E-state index in [0.717, 1.165) is 38.5 Å². The van der Waals surface area contributed by atoms with Crippen molar-refractivity contribution in [1.82, 2.24) is 9.80 Å². The van der Waals surface area contributed by atoms with Crippen LogP contribution in [0.4, 0.5) is 0 Å². The molecule has 1 aliphatic heterocycles. The van der Waals surface area contributed by atoms with Gasteiger partial charge in [0.2, 0.25) is 0 Å². The van der Waals surface area contributed by atoms with Crippen LogP contribution in [0.25, 0.3) is 0 Å². The van der Waals surface area contributed by atoms with Gasteiger partial charge in [-0.3, -0.25) is 4.90 Å². The molecule has 0 amide bonds. The summed E-state index contributed by atoms with van der Waals surface area (Å²) in [6.07, 6.45) is -0.109. The second-order valence-corrected chi connectivity index (χ2v) is 5.78. The third kappa shape index (κ3) is 5.00. The van der Waals surface area contributed by atoms with Gasteiger partial charge in [-0.05, 0) is 45.2 Å². The number of nitrogens with zero attached hydrogens (tertiary/aromatic N) is 2. The quantitative estimate of drug-likeness (QED) is 0.751. The van der Waals surface area contributed by atoms with Crippen LogP contribution >= 0.6 is 0 Å². The molecule has 0 aromatic heterocycles. The number of benzene rings is 1. The molecule has 0 unspecified atom stereocenters. The second kappa shape index (κ2) is 8.15. The molecule has 1 aromatic carbocycles. The Labute approximate surface area is 132 Å². The molecule has 2 rings (SSSR count). The van der Waals surface area contributed by atoms with Crippen molar-refractivity contribution in [3.63, 3.8) is 0 Å². The van der Waals surface area contributed by atoms with E-state index in [4.69, 9.17) is 9.47 Å². The van der Waals surface area contributed by atoms with Crippen LogP contribution in [0.1, 0.15) is 24.2 Å². The summed E-state index contributed by atoms with van der Waals surface area (Å²) in [7, 11) is 2.13. The third-order valence-corrected chi connectivity index (χ3v) is 3.82. The van der Waals surface area contributed by atoms with Gasteiger partial charge in [-0.15, -0.1) is 0 Å². The van der Waals surface area contributed by atoms with Crippen LogP contribution < -0.4 is 4.74 Å². The van der Waals surface area contributed by atoms with Gasteiger partial charge < -0.3 is 14.4 Å². The highest BCUT2D eigenvalue weighted by Gasteiger charge is 2.18. The first kappa shape index (κ1) is 16.8. The van der Waals surface area contributed by atoms with Crippen molar-refractivity contribution in [3.05, 3.63) is 29.8 Å². The van der Waals surface area contributed by atoms with Crippen molar-refractivity contribution < 1.29 is 14.3 Å². The van der Waals surface area contributed by atoms with E-state index in [1.165, 1.54) is 0 Å². The summed E-state index contributed by atoms with van der Waals surface area (Å²) in [4.78, 5) is 16.8. The molecule has 0 aliphatic carbocycles. The lowest BCUT2D eigenvalue weighted by molar-refractivity contribution is 0.0207. The molecule has 0 saturated carbocycles. The number of carbonyl (C=O) groups excluding carboxylic acids is 1. The summed E-state index contributed by atoms with van der Waals surface area (Å²) in [5, 5.41) is 0. The van der Waals surface area contributed by atoms with Crippen molar-refractivity contribution in [1.29, 1.82) is 0 Å². The molecule has 5 nitrogen and oxygen atoms in total. The molecular weight excluding hydrogens is 280 g/mol. The molecule has 1 aliphatic rings. The van der Waals surface area contributed by atoms with E-state index < -0.39 is 0 Å². The average Bonchev–Trinajstić information content (AvgIpc) is 2.50. The van der Waals surface area contributed by atoms with Crippen LogP contribution in [-0.2, 0) is 4.74 Å². The third-order valence-electron chi connectivity index (χ3n) is 3.82. The molecule has 5 heteroatoms. The van der Waals surface area contributed by atoms with E-state index in [-0.39, 0.29) is 12.1 Å². The molecule has 22 heavy (non-hydrogen) atoms. The number of carbonyl (C=O) groups is 1. The fourth-order valence-corrected chi connectivity index (χ4v) is 2.54. The monoisotopic (exact) mass is 306 g/mol. The summed E-state index contributed by atoms with van der Waals surface area (Å²) in [5.74, 6) is 0.495. The Balaban J connectivity index is 1.80. The van der Waals surface area contributed by atoms with Crippen molar-refractivity contribution in [2.75, 3.05) is 46.4 Å². The summed E-state index contributed by atoms with van der Waals surface area (Å²) < 4.78 is 10.9. The molecule has 1 aromatic rings. The van der Waals surface area contributed by atoms with Gasteiger partial charge in [0.25, 0.3) is 0 Å². The van der Waals surface area contributed by atoms with Crippen molar-refractivity contribution >= 4 is 5.97 Å².